The number of methoxy groups -OCH3 is 1. The van der Waals surface area contributed by atoms with Crippen LogP contribution < -0.4 is 4.74 Å². The minimum atomic E-state index is -0.785. The topological polar surface area (TPSA) is 48.7 Å². The Morgan fingerprint density at radius 1 is 1.75 bits per heavy atom. The van der Waals surface area contributed by atoms with Crippen molar-refractivity contribution in [2.24, 2.45) is 0 Å². The van der Waals surface area contributed by atoms with Gasteiger partial charge in [-0.1, -0.05) is 15.9 Å². The van der Waals surface area contributed by atoms with Crippen molar-refractivity contribution in [3.8, 4) is 5.95 Å². The molecule has 1 aromatic heterocycles. The minimum Gasteiger partial charge on any atom is -0.437 e. The second-order valence-corrected chi connectivity index (χ2v) is 2.48. The van der Waals surface area contributed by atoms with Crippen LogP contribution in [0.1, 0.15) is 5.56 Å². The first-order valence-corrected chi connectivity index (χ1v) is 4.28. The molecule has 66 valence electrons. The summed E-state index contributed by atoms with van der Waals surface area (Å²) in [5, 5.41) is 0.565. The van der Waals surface area contributed by atoms with Crippen LogP contribution in [0.25, 0.3) is 0 Å². The van der Waals surface area contributed by atoms with Crippen LogP contribution in [0.5, 0.6) is 5.95 Å². The number of hydrogen-bond acceptors (Lipinski definition) is 4. The lowest BCUT2D eigenvalue weighted by Gasteiger charge is -1.98. The summed E-state index contributed by atoms with van der Waals surface area (Å²) in [6.45, 7) is 0. The third kappa shape index (κ3) is 2.01. The van der Waals surface area contributed by atoms with Gasteiger partial charge in [-0.05, 0) is 6.07 Å². The van der Waals surface area contributed by atoms with Crippen LogP contribution in [0, 0.1) is 0 Å². The Hall–Kier alpha value is -0.970. The van der Waals surface area contributed by atoms with E-state index in [0.29, 0.717) is 5.33 Å². The predicted molar refractivity (Wildman–Crippen MR) is 44.4 cm³/mol. The highest BCUT2D eigenvalue weighted by Crippen LogP contribution is 2.22. The van der Waals surface area contributed by atoms with Gasteiger partial charge in [-0.2, -0.15) is 0 Å². The number of alkyl halides is 1. The van der Waals surface area contributed by atoms with E-state index < -0.39 is 6.16 Å². The lowest BCUT2D eigenvalue weighted by molar-refractivity contribution is 0.110. The Labute approximate surface area is 77.6 Å². The number of hydrogen-bond donors (Lipinski definition) is 0. The second-order valence-electron chi connectivity index (χ2n) is 1.92. The number of halogens is 1. The predicted octanol–water partition coefficient (Wildman–Crippen LogP) is 2.32. The maximum absolute atomic E-state index is 10.6. The van der Waals surface area contributed by atoms with Gasteiger partial charge in [0.05, 0.1) is 13.4 Å². The molecule has 0 bridgehead atoms. The monoisotopic (exact) mass is 234 g/mol. The number of carbonyl (C=O) groups excluding carboxylic acids is 1. The molecule has 0 unspecified atom stereocenters. The van der Waals surface area contributed by atoms with Gasteiger partial charge in [0.1, 0.15) is 0 Å². The van der Waals surface area contributed by atoms with Crippen molar-refractivity contribution < 1.29 is 18.7 Å². The Morgan fingerprint density at radius 2 is 2.50 bits per heavy atom. The average molecular weight is 235 g/mol. The fourth-order valence-electron chi connectivity index (χ4n) is 0.628. The fourth-order valence-corrected chi connectivity index (χ4v) is 1.04. The fraction of sp³-hybridized carbons (Fsp3) is 0.286. The van der Waals surface area contributed by atoms with Gasteiger partial charge in [0, 0.05) is 10.9 Å². The third-order valence-corrected chi connectivity index (χ3v) is 1.80. The van der Waals surface area contributed by atoms with Crippen molar-refractivity contribution in [3.05, 3.63) is 17.9 Å². The summed E-state index contributed by atoms with van der Waals surface area (Å²) in [4.78, 5) is 10.6. The molecule has 0 atom stereocenters. The summed E-state index contributed by atoms with van der Waals surface area (Å²) in [6, 6.07) is 1.70. The Balaban J connectivity index is 2.68. The van der Waals surface area contributed by atoms with Crippen LogP contribution in [0.4, 0.5) is 4.79 Å². The average Bonchev–Trinajstić information content (AvgIpc) is 2.51. The summed E-state index contributed by atoms with van der Waals surface area (Å²) >= 11 is 3.21. The van der Waals surface area contributed by atoms with E-state index in [1.54, 1.807) is 6.07 Å². The summed E-state index contributed by atoms with van der Waals surface area (Å²) in [7, 11) is 1.24. The van der Waals surface area contributed by atoms with E-state index in [1.807, 2.05) is 0 Å². The van der Waals surface area contributed by atoms with Gasteiger partial charge in [-0.25, -0.2) is 4.79 Å². The van der Waals surface area contributed by atoms with Crippen molar-refractivity contribution in [1.29, 1.82) is 0 Å². The summed E-state index contributed by atoms with van der Waals surface area (Å²) in [5.74, 6) is 0.165. The van der Waals surface area contributed by atoms with Crippen molar-refractivity contribution in [2.45, 2.75) is 5.33 Å². The highest BCUT2D eigenvalue weighted by molar-refractivity contribution is 9.08. The first-order chi connectivity index (χ1) is 5.77. The Kier molecular flexibility index (Phi) is 3.16. The lowest BCUT2D eigenvalue weighted by atomic mass is 10.4. The summed E-state index contributed by atoms with van der Waals surface area (Å²) in [5.41, 5.74) is 0.764. The molecule has 0 fully saturated rings. The molecule has 12 heavy (non-hydrogen) atoms. The molecule has 0 aliphatic heterocycles. The van der Waals surface area contributed by atoms with Gasteiger partial charge in [0.15, 0.2) is 0 Å². The van der Waals surface area contributed by atoms with Crippen LogP contribution >= 0.6 is 15.9 Å². The van der Waals surface area contributed by atoms with E-state index >= 15 is 0 Å². The molecule has 0 N–H and O–H groups in total. The second kappa shape index (κ2) is 4.15. The summed E-state index contributed by atoms with van der Waals surface area (Å²) in [6.07, 6.45) is 0.654. The molecule has 1 aromatic rings. The Bertz CT molecular complexity index is 268. The van der Waals surface area contributed by atoms with Gasteiger partial charge in [0.25, 0.3) is 5.95 Å². The van der Waals surface area contributed by atoms with Gasteiger partial charge < -0.3 is 13.9 Å². The zero-order valence-electron chi connectivity index (χ0n) is 6.37. The zero-order valence-corrected chi connectivity index (χ0v) is 7.96. The highest BCUT2D eigenvalue weighted by Gasteiger charge is 2.11. The van der Waals surface area contributed by atoms with Crippen LogP contribution in [0.15, 0.2) is 16.7 Å². The molecule has 0 radical (unpaired) electrons. The molecule has 1 rings (SSSR count). The molecule has 0 aliphatic carbocycles. The molecule has 4 nitrogen and oxygen atoms in total. The molecule has 0 aliphatic rings. The van der Waals surface area contributed by atoms with Crippen molar-refractivity contribution in [1.82, 2.24) is 0 Å². The number of carbonyl (C=O) groups is 1. The normalized spacial score (nSPS) is 9.50. The SMILES string of the molecule is COC(=O)Oc1occc1CBr. The van der Waals surface area contributed by atoms with E-state index in [0.717, 1.165) is 5.56 Å². The maximum atomic E-state index is 10.6. The minimum absolute atomic E-state index is 0.165. The van der Waals surface area contributed by atoms with Crippen LogP contribution in [0.2, 0.25) is 0 Å². The molecular weight excluding hydrogens is 228 g/mol. The number of ether oxygens (including phenoxy) is 2. The van der Waals surface area contributed by atoms with Crippen LogP contribution in [-0.4, -0.2) is 13.3 Å². The van der Waals surface area contributed by atoms with Crippen molar-refractivity contribution >= 4 is 22.1 Å². The number of furan rings is 1. The molecule has 1 heterocycles. The first kappa shape index (κ1) is 9.12. The van der Waals surface area contributed by atoms with Gasteiger partial charge in [0.2, 0.25) is 0 Å². The van der Waals surface area contributed by atoms with E-state index in [9.17, 15) is 4.79 Å². The lowest BCUT2D eigenvalue weighted by Crippen LogP contribution is -2.07. The van der Waals surface area contributed by atoms with E-state index in [-0.39, 0.29) is 5.95 Å². The summed E-state index contributed by atoms with van der Waals surface area (Å²) < 4.78 is 13.8. The largest absolute Gasteiger partial charge is 0.516 e. The van der Waals surface area contributed by atoms with E-state index in [2.05, 4.69) is 25.4 Å². The van der Waals surface area contributed by atoms with Gasteiger partial charge in [-0.15, -0.1) is 0 Å². The zero-order chi connectivity index (χ0) is 8.97. The standard InChI is InChI=1S/C7H7BrO4/c1-10-7(9)12-6-5(4-8)2-3-11-6/h2-3H,4H2,1H3. The van der Waals surface area contributed by atoms with Gasteiger partial charge in [-0.3, -0.25) is 0 Å². The van der Waals surface area contributed by atoms with Gasteiger partial charge >= 0.3 is 6.16 Å². The maximum Gasteiger partial charge on any atom is 0.516 e. The molecule has 0 aromatic carbocycles. The quantitative estimate of drug-likeness (QED) is 0.583. The number of rotatable bonds is 2. The Morgan fingerprint density at radius 3 is 3.08 bits per heavy atom. The molecule has 0 saturated heterocycles. The molecule has 0 spiro atoms. The molecule has 5 heteroatoms. The van der Waals surface area contributed by atoms with E-state index in [1.165, 1.54) is 13.4 Å². The third-order valence-electron chi connectivity index (χ3n) is 1.19. The van der Waals surface area contributed by atoms with E-state index in [4.69, 9.17) is 4.42 Å². The first-order valence-electron chi connectivity index (χ1n) is 3.16. The molecular formula is C7H7BrO4. The smallest absolute Gasteiger partial charge is 0.437 e. The van der Waals surface area contributed by atoms with Crippen LogP contribution in [-0.2, 0) is 10.1 Å². The molecule has 0 saturated carbocycles. The highest BCUT2D eigenvalue weighted by atomic mass is 79.9. The van der Waals surface area contributed by atoms with Crippen molar-refractivity contribution in [3.63, 3.8) is 0 Å². The van der Waals surface area contributed by atoms with Crippen LogP contribution in [0.3, 0.4) is 0 Å². The van der Waals surface area contributed by atoms with Crippen molar-refractivity contribution in [2.75, 3.05) is 7.11 Å². The molecule has 0 amide bonds.